The number of carbonyl (C=O) groups is 1. The van der Waals surface area contributed by atoms with E-state index in [9.17, 15) is 9.90 Å². The van der Waals surface area contributed by atoms with E-state index in [1.54, 1.807) is 18.7 Å². The zero-order chi connectivity index (χ0) is 15.0. The number of aryl methyl sites for hydroxylation is 1. The standard InChI is InChI=1S/C16H22N2O2S/c1-9-4-3-5-12(8-9)21-15-13(16(19)20)10(2)17-14(18-15)11-6-7-11/h9,11-12H,3-8H2,1-2H3,(H,19,20). The third-order valence-electron chi connectivity index (χ3n) is 4.40. The van der Waals surface area contributed by atoms with Gasteiger partial charge in [0.15, 0.2) is 0 Å². The van der Waals surface area contributed by atoms with Crippen LogP contribution in [0.2, 0.25) is 0 Å². The van der Waals surface area contributed by atoms with E-state index in [0.29, 0.717) is 27.5 Å². The van der Waals surface area contributed by atoms with Crippen LogP contribution in [0.3, 0.4) is 0 Å². The van der Waals surface area contributed by atoms with Crippen molar-refractivity contribution < 1.29 is 9.90 Å². The molecule has 3 rings (SSSR count). The lowest BCUT2D eigenvalue weighted by atomic mass is 9.91. The fraction of sp³-hybridized carbons (Fsp3) is 0.688. The summed E-state index contributed by atoms with van der Waals surface area (Å²) in [6, 6.07) is 0. The van der Waals surface area contributed by atoms with Gasteiger partial charge in [-0.05, 0) is 38.5 Å². The minimum atomic E-state index is -0.902. The average Bonchev–Trinajstić information content (AvgIpc) is 3.21. The van der Waals surface area contributed by atoms with Gasteiger partial charge in [-0.2, -0.15) is 0 Å². The largest absolute Gasteiger partial charge is 0.478 e. The van der Waals surface area contributed by atoms with E-state index >= 15 is 0 Å². The molecule has 5 heteroatoms. The summed E-state index contributed by atoms with van der Waals surface area (Å²) in [7, 11) is 0. The first-order valence-electron chi connectivity index (χ1n) is 7.83. The number of carboxylic acid groups (broad SMARTS) is 1. The van der Waals surface area contributed by atoms with Gasteiger partial charge in [0.1, 0.15) is 16.4 Å². The maximum atomic E-state index is 11.6. The Morgan fingerprint density at radius 3 is 2.62 bits per heavy atom. The highest BCUT2D eigenvalue weighted by atomic mass is 32.2. The molecule has 0 saturated heterocycles. The van der Waals surface area contributed by atoms with Gasteiger partial charge in [0, 0.05) is 11.2 Å². The van der Waals surface area contributed by atoms with E-state index in [1.165, 1.54) is 12.8 Å². The van der Waals surface area contributed by atoms with Crippen LogP contribution >= 0.6 is 11.8 Å². The predicted molar refractivity (Wildman–Crippen MR) is 83.0 cm³/mol. The Morgan fingerprint density at radius 1 is 1.24 bits per heavy atom. The number of thioether (sulfide) groups is 1. The van der Waals surface area contributed by atoms with Crippen molar-refractivity contribution in [1.29, 1.82) is 0 Å². The van der Waals surface area contributed by atoms with Gasteiger partial charge in [-0.1, -0.05) is 19.8 Å². The molecule has 0 aliphatic heterocycles. The average molecular weight is 306 g/mol. The van der Waals surface area contributed by atoms with Crippen LogP contribution in [0.1, 0.15) is 73.2 Å². The maximum absolute atomic E-state index is 11.6. The molecule has 2 aliphatic carbocycles. The van der Waals surface area contributed by atoms with Gasteiger partial charge in [-0.3, -0.25) is 0 Å². The molecule has 0 amide bonds. The smallest absolute Gasteiger partial charge is 0.340 e. The van der Waals surface area contributed by atoms with Crippen LogP contribution in [-0.2, 0) is 0 Å². The Hall–Kier alpha value is -1.10. The second-order valence-electron chi connectivity index (χ2n) is 6.44. The van der Waals surface area contributed by atoms with Crippen LogP contribution in [0.15, 0.2) is 5.03 Å². The third kappa shape index (κ3) is 3.39. The van der Waals surface area contributed by atoms with Gasteiger partial charge >= 0.3 is 5.97 Å². The predicted octanol–water partition coefficient (Wildman–Crippen LogP) is 4.03. The summed E-state index contributed by atoms with van der Waals surface area (Å²) >= 11 is 1.66. The van der Waals surface area contributed by atoms with E-state index in [2.05, 4.69) is 16.9 Å². The number of hydrogen-bond donors (Lipinski definition) is 1. The van der Waals surface area contributed by atoms with Crippen molar-refractivity contribution in [3.8, 4) is 0 Å². The molecular weight excluding hydrogens is 284 g/mol. The zero-order valence-electron chi connectivity index (χ0n) is 12.6. The second kappa shape index (κ2) is 5.95. The van der Waals surface area contributed by atoms with Crippen molar-refractivity contribution in [2.24, 2.45) is 5.92 Å². The minimum Gasteiger partial charge on any atom is -0.478 e. The number of carboxylic acids is 1. The summed E-state index contributed by atoms with van der Waals surface area (Å²) in [5, 5.41) is 10.7. The summed E-state index contributed by atoms with van der Waals surface area (Å²) in [5.74, 6) is 1.14. The van der Waals surface area contributed by atoms with Gasteiger partial charge < -0.3 is 5.11 Å². The van der Waals surface area contributed by atoms with Crippen molar-refractivity contribution in [2.45, 2.75) is 68.6 Å². The van der Waals surface area contributed by atoms with Crippen LogP contribution < -0.4 is 0 Å². The first kappa shape index (κ1) is 14.8. The van der Waals surface area contributed by atoms with Crippen LogP contribution in [0.4, 0.5) is 0 Å². The highest BCUT2D eigenvalue weighted by Gasteiger charge is 2.30. The van der Waals surface area contributed by atoms with E-state index in [0.717, 1.165) is 37.4 Å². The lowest BCUT2D eigenvalue weighted by molar-refractivity contribution is 0.0690. The number of aromatic carboxylic acids is 1. The van der Waals surface area contributed by atoms with Gasteiger partial charge in [0.05, 0.1) is 5.69 Å². The van der Waals surface area contributed by atoms with Crippen LogP contribution in [0.25, 0.3) is 0 Å². The fourth-order valence-corrected chi connectivity index (χ4v) is 4.59. The van der Waals surface area contributed by atoms with Crippen molar-refractivity contribution in [2.75, 3.05) is 0 Å². The first-order chi connectivity index (χ1) is 10.0. The van der Waals surface area contributed by atoms with Crippen molar-refractivity contribution in [3.63, 3.8) is 0 Å². The third-order valence-corrected chi connectivity index (χ3v) is 5.68. The summed E-state index contributed by atoms with van der Waals surface area (Å²) < 4.78 is 0. The molecule has 2 aliphatic rings. The van der Waals surface area contributed by atoms with Crippen LogP contribution in [-0.4, -0.2) is 26.3 Å². The Bertz CT molecular complexity index is 557. The monoisotopic (exact) mass is 306 g/mol. The molecule has 1 heterocycles. The molecule has 1 N–H and O–H groups in total. The number of hydrogen-bond acceptors (Lipinski definition) is 4. The molecule has 2 unspecified atom stereocenters. The molecule has 2 saturated carbocycles. The molecule has 114 valence electrons. The highest BCUT2D eigenvalue weighted by Crippen LogP contribution is 2.41. The van der Waals surface area contributed by atoms with Gasteiger partial charge in [-0.15, -0.1) is 11.8 Å². The van der Waals surface area contributed by atoms with Crippen LogP contribution in [0, 0.1) is 12.8 Å². The molecule has 0 bridgehead atoms. The molecule has 4 nitrogen and oxygen atoms in total. The lowest BCUT2D eigenvalue weighted by Gasteiger charge is -2.26. The number of nitrogens with zero attached hydrogens (tertiary/aromatic N) is 2. The molecule has 0 spiro atoms. The second-order valence-corrected chi connectivity index (χ2v) is 7.73. The summed E-state index contributed by atoms with van der Waals surface area (Å²) in [5.41, 5.74) is 0.924. The molecule has 0 aromatic carbocycles. The molecule has 1 aromatic heterocycles. The lowest BCUT2D eigenvalue weighted by Crippen LogP contribution is -2.17. The van der Waals surface area contributed by atoms with E-state index in [1.807, 2.05) is 0 Å². The van der Waals surface area contributed by atoms with Crippen molar-refractivity contribution >= 4 is 17.7 Å². The minimum absolute atomic E-state index is 0.308. The quantitative estimate of drug-likeness (QED) is 0.851. The van der Waals surface area contributed by atoms with Crippen molar-refractivity contribution in [1.82, 2.24) is 9.97 Å². The Balaban J connectivity index is 1.88. The van der Waals surface area contributed by atoms with E-state index in [4.69, 9.17) is 0 Å². The van der Waals surface area contributed by atoms with E-state index in [-0.39, 0.29) is 0 Å². The molecule has 21 heavy (non-hydrogen) atoms. The Labute approximate surface area is 129 Å². The van der Waals surface area contributed by atoms with Gasteiger partial charge in [0.25, 0.3) is 0 Å². The molecule has 2 atom stereocenters. The Morgan fingerprint density at radius 2 is 2.00 bits per heavy atom. The normalized spacial score (nSPS) is 25.8. The van der Waals surface area contributed by atoms with E-state index < -0.39 is 5.97 Å². The van der Waals surface area contributed by atoms with Gasteiger partial charge in [-0.25, -0.2) is 14.8 Å². The molecule has 1 aromatic rings. The topological polar surface area (TPSA) is 63.1 Å². The highest BCUT2D eigenvalue weighted by molar-refractivity contribution is 7.99. The SMILES string of the molecule is Cc1nc(C2CC2)nc(SC2CCCC(C)C2)c1C(=O)O. The molecular formula is C16H22N2O2S. The molecule has 0 radical (unpaired) electrons. The molecule has 2 fully saturated rings. The summed E-state index contributed by atoms with van der Waals surface area (Å²) in [6.07, 6.45) is 7.12. The fourth-order valence-electron chi connectivity index (χ4n) is 3.07. The van der Waals surface area contributed by atoms with Gasteiger partial charge in [0.2, 0.25) is 0 Å². The number of rotatable bonds is 4. The Kier molecular flexibility index (Phi) is 4.20. The number of aromatic nitrogens is 2. The summed E-state index contributed by atoms with van der Waals surface area (Å²) in [4.78, 5) is 20.6. The van der Waals surface area contributed by atoms with Crippen LogP contribution in [0.5, 0.6) is 0 Å². The first-order valence-corrected chi connectivity index (χ1v) is 8.71. The summed E-state index contributed by atoms with van der Waals surface area (Å²) in [6.45, 7) is 4.08. The van der Waals surface area contributed by atoms with Crippen molar-refractivity contribution in [3.05, 3.63) is 17.1 Å². The maximum Gasteiger partial charge on any atom is 0.340 e. The zero-order valence-corrected chi connectivity index (χ0v) is 13.4.